The minimum absolute atomic E-state index is 0.0106. The van der Waals surface area contributed by atoms with Crippen molar-refractivity contribution in [3.8, 4) is 0 Å². The number of aliphatic hydroxyl groups excluding tert-OH is 1. The number of hydrogen-bond donors (Lipinski definition) is 2. The molecule has 0 aliphatic carbocycles. The maximum Gasteiger partial charge on any atom is 0.175 e. The van der Waals surface area contributed by atoms with E-state index in [1.165, 1.54) is 0 Å². The predicted molar refractivity (Wildman–Crippen MR) is 185 cm³/mol. The van der Waals surface area contributed by atoms with Crippen molar-refractivity contribution >= 4 is 5.78 Å². The number of Topliss-reactive ketones (excluding diaryl/α,β-unsaturated/α-hetero) is 1. The number of fused-ring (bicyclic) bond motifs is 9. The lowest BCUT2D eigenvalue weighted by Crippen LogP contribution is -2.59. The molecule has 11 nitrogen and oxygen atoms in total. The van der Waals surface area contributed by atoms with Gasteiger partial charge in [-0.05, 0) is 73.8 Å². The van der Waals surface area contributed by atoms with Crippen LogP contribution in [0.5, 0.6) is 0 Å². The van der Waals surface area contributed by atoms with Gasteiger partial charge in [-0.15, -0.1) is 0 Å². The summed E-state index contributed by atoms with van der Waals surface area (Å²) in [6, 6.07) is 0. The standard InChI is InChI=1S/C40H59NO10/c1-19-9-26-14-29-27-13-25(5-7-30(19)46-26)45-33(20(27)2)15-34-28(21(3)32(49-34)12-23(43)18-41)11-22(42)10-24-6-8-31-38(47-24)36-16-35(48-31)39-37(44-4)17-40(29,50-36)51-39/h21,23-39,43H,1-2,5-18,41H2,3-4H3/t21-,23+,24-,25+,26-,27-,28-,29?,30+,31+,32-,33-,34+,35-,36-,37-,38+,39-,40+/m1/s1. The first-order valence-electron chi connectivity index (χ1n) is 20.0. The Kier molecular flexibility index (Phi) is 9.59. The second-order valence-electron chi connectivity index (χ2n) is 17.5. The molecular formula is C40H59NO10. The number of aliphatic hydroxyl groups is 1. The van der Waals surface area contributed by atoms with Crippen LogP contribution in [-0.4, -0.2) is 116 Å². The van der Waals surface area contributed by atoms with E-state index in [9.17, 15) is 9.90 Å². The van der Waals surface area contributed by atoms with Gasteiger partial charge in [0.15, 0.2) is 5.79 Å². The summed E-state index contributed by atoms with van der Waals surface area (Å²) in [5.74, 6) is -0.751. The zero-order valence-electron chi connectivity index (χ0n) is 30.4. The summed E-state index contributed by atoms with van der Waals surface area (Å²) in [6.07, 6.45) is 5.99. The third-order valence-electron chi connectivity index (χ3n) is 14.5. The monoisotopic (exact) mass is 713 g/mol. The lowest BCUT2D eigenvalue weighted by Gasteiger charge is -2.51. The topological polar surface area (TPSA) is 137 Å². The van der Waals surface area contributed by atoms with Crippen molar-refractivity contribution in [3.05, 3.63) is 24.3 Å². The van der Waals surface area contributed by atoms with Gasteiger partial charge in [0.05, 0.1) is 73.2 Å². The normalized spacial score (nSPS) is 52.9. The van der Waals surface area contributed by atoms with E-state index in [1.54, 1.807) is 7.11 Å². The van der Waals surface area contributed by atoms with Gasteiger partial charge < -0.3 is 48.7 Å². The molecule has 9 saturated heterocycles. The van der Waals surface area contributed by atoms with Gasteiger partial charge in [0.1, 0.15) is 18.0 Å². The molecule has 0 amide bonds. The van der Waals surface area contributed by atoms with E-state index in [1.807, 2.05) is 0 Å². The zero-order valence-corrected chi connectivity index (χ0v) is 30.4. The summed E-state index contributed by atoms with van der Waals surface area (Å²) in [5.41, 5.74) is 8.04. The molecule has 9 rings (SSSR count). The van der Waals surface area contributed by atoms with Crippen molar-refractivity contribution < 1.29 is 47.8 Å². The van der Waals surface area contributed by atoms with Gasteiger partial charge in [0.25, 0.3) is 0 Å². The molecule has 3 N–H and O–H groups in total. The molecule has 0 aromatic rings. The summed E-state index contributed by atoms with van der Waals surface area (Å²) in [7, 11) is 1.77. The Morgan fingerprint density at radius 2 is 1.67 bits per heavy atom. The number of methoxy groups -OCH3 is 1. The van der Waals surface area contributed by atoms with Gasteiger partial charge in [0, 0.05) is 58.1 Å². The highest BCUT2D eigenvalue weighted by Gasteiger charge is 2.64. The smallest absolute Gasteiger partial charge is 0.175 e. The first kappa shape index (κ1) is 35.5. The summed E-state index contributed by atoms with van der Waals surface area (Å²) < 4.78 is 55.1. The Hall–Kier alpha value is -1.25. The van der Waals surface area contributed by atoms with E-state index >= 15 is 0 Å². The van der Waals surface area contributed by atoms with Gasteiger partial charge in [-0.25, -0.2) is 0 Å². The Balaban J connectivity index is 1.13. The maximum absolute atomic E-state index is 13.9. The van der Waals surface area contributed by atoms with Crippen LogP contribution in [0.15, 0.2) is 24.3 Å². The van der Waals surface area contributed by atoms with Crippen LogP contribution >= 0.6 is 0 Å². The summed E-state index contributed by atoms with van der Waals surface area (Å²) in [5, 5.41) is 10.6. The second-order valence-corrected chi connectivity index (χ2v) is 17.5. The number of ketones is 1. The highest BCUT2D eigenvalue weighted by molar-refractivity contribution is 5.79. The van der Waals surface area contributed by atoms with E-state index < -0.39 is 11.9 Å². The van der Waals surface area contributed by atoms with Gasteiger partial charge in [-0.2, -0.15) is 0 Å². The molecular weight excluding hydrogens is 654 g/mol. The Morgan fingerprint density at radius 3 is 2.49 bits per heavy atom. The van der Waals surface area contributed by atoms with Gasteiger partial charge in [-0.1, -0.05) is 20.1 Å². The molecule has 0 aromatic carbocycles. The Morgan fingerprint density at radius 1 is 0.843 bits per heavy atom. The largest absolute Gasteiger partial charge is 0.392 e. The number of hydrogen-bond acceptors (Lipinski definition) is 11. The van der Waals surface area contributed by atoms with E-state index in [-0.39, 0.29) is 115 Å². The number of carbonyl (C=O) groups excluding carboxylic acids is 1. The fourth-order valence-electron chi connectivity index (χ4n) is 11.8. The molecule has 0 saturated carbocycles. The fourth-order valence-corrected chi connectivity index (χ4v) is 11.8. The summed E-state index contributed by atoms with van der Waals surface area (Å²) in [6.45, 7) is 11.6. The minimum Gasteiger partial charge on any atom is -0.392 e. The van der Waals surface area contributed by atoms with Crippen molar-refractivity contribution in [1.29, 1.82) is 0 Å². The molecule has 11 heteroatoms. The molecule has 19 atom stereocenters. The Bertz CT molecular complexity index is 1360. The third-order valence-corrected chi connectivity index (χ3v) is 14.5. The van der Waals surface area contributed by atoms with Crippen LogP contribution in [0.3, 0.4) is 0 Å². The Labute approximate surface area is 302 Å². The predicted octanol–water partition coefficient (Wildman–Crippen LogP) is 3.92. The number of rotatable bonds is 4. The lowest BCUT2D eigenvalue weighted by molar-refractivity contribution is -0.302. The molecule has 0 radical (unpaired) electrons. The molecule has 284 valence electrons. The average Bonchev–Trinajstić information content (AvgIpc) is 3.72. The lowest BCUT2D eigenvalue weighted by atomic mass is 9.69. The van der Waals surface area contributed by atoms with Crippen LogP contribution in [0.2, 0.25) is 0 Å². The SMILES string of the molecule is C=C1C[C@@H]2CC3[C@@H]4C[C@H](CC[C@@H]1O2)O[C@H](C[C@@H]1O[C@H](C[C@H](O)CN)[C@H](C)[C@H]1CC(=O)C[C@H]1CC[C@@H]2O[C@@H]5C[C@@H](O[C@]36C[C@@H](OC)[C@@H]5O6)[C@H]2O1)C4=C. The summed E-state index contributed by atoms with van der Waals surface area (Å²) >= 11 is 0. The van der Waals surface area contributed by atoms with Crippen LogP contribution in [0, 0.1) is 23.7 Å². The average molecular weight is 714 g/mol. The van der Waals surface area contributed by atoms with E-state index in [0.29, 0.717) is 38.5 Å². The molecule has 1 spiro atoms. The van der Waals surface area contributed by atoms with Gasteiger partial charge >= 0.3 is 0 Å². The number of carbonyl (C=O) groups is 1. The van der Waals surface area contributed by atoms with Crippen LogP contribution in [0.4, 0.5) is 0 Å². The molecule has 51 heavy (non-hydrogen) atoms. The molecule has 9 aliphatic heterocycles. The van der Waals surface area contributed by atoms with E-state index in [4.69, 9.17) is 50.2 Å². The quantitative estimate of drug-likeness (QED) is 0.411. The molecule has 1 unspecified atom stereocenters. The van der Waals surface area contributed by atoms with Gasteiger partial charge in [0.2, 0.25) is 0 Å². The van der Waals surface area contributed by atoms with Crippen molar-refractivity contribution in [2.75, 3.05) is 13.7 Å². The second kappa shape index (κ2) is 13.8. The van der Waals surface area contributed by atoms with Crippen molar-refractivity contribution in [3.63, 3.8) is 0 Å². The van der Waals surface area contributed by atoms with Crippen LogP contribution in [-0.2, 0) is 42.7 Å². The van der Waals surface area contributed by atoms with Crippen molar-refractivity contribution in [2.45, 2.75) is 182 Å². The molecule has 11 bridgehead atoms. The number of ether oxygens (including phenoxy) is 8. The molecule has 9 aliphatic rings. The van der Waals surface area contributed by atoms with E-state index in [2.05, 4.69) is 13.5 Å². The van der Waals surface area contributed by atoms with Crippen molar-refractivity contribution in [2.24, 2.45) is 29.4 Å². The highest BCUT2D eigenvalue weighted by atomic mass is 16.7. The van der Waals surface area contributed by atoms with Gasteiger partial charge in [-0.3, -0.25) is 4.79 Å². The van der Waals surface area contributed by atoms with E-state index in [0.717, 1.165) is 56.1 Å². The van der Waals surface area contributed by atoms with Crippen LogP contribution < -0.4 is 5.73 Å². The van der Waals surface area contributed by atoms with Crippen LogP contribution in [0.1, 0.15) is 90.4 Å². The third kappa shape index (κ3) is 6.33. The maximum atomic E-state index is 13.9. The minimum atomic E-state index is -0.960. The first-order chi connectivity index (χ1) is 24.6. The number of nitrogens with two attached hydrogens (primary N) is 1. The van der Waals surface area contributed by atoms with Crippen molar-refractivity contribution in [1.82, 2.24) is 0 Å². The first-order valence-corrected chi connectivity index (χ1v) is 20.0. The van der Waals surface area contributed by atoms with Crippen LogP contribution in [0.25, 0.3) is 0 Å². The molecule has 9 fully saturated rings. The fraction of sp³-hybridized carbons (Fsp3) is 0.875. The molecule has 0 aromatic heterocycles. The molecule has 9 heterocycles. The summed E-state index contributed by atoms with van der Waals surface area (Å²) in [4.78, 5) is 13.9. The zero-order chi connectivity index (χ0) is 35.2. The highest BCUT2D eigenvalue weighted by Crippen LogP contribution is 2.56.